The van der Waals surface area contributed by atoms with E-state index in [4.69, 9.17) is 9.47 Å². The van der Waals surface area contributed by atoms with E-state index in [2.05, 4.69) is 27.4 Å². The van der Waals surface area contributed by atoms with E-state index in [0.29, 0.717) is 26.1 Å². The Morgan fingerprint density at radius 1 is 0.576 bits per heavy atom. The van der Waals surface area contributed by atoms with Gasteiger partial charge in [0.05, 0.1) is 13.2 Å². The van der Waals surface area contributed by atoms with Gasteiger partial charge in [0.25, 0.3) is 0 Å². The monoisotopic (exact) mass is 466 g/mol. The van der Waals surface area contributed by atoms with Crippen LogP contribution in [0, 0.1) is 5.92 Å². The maximum atomic E-state index is 12.2. The van der Waals surface area contributed by atoms with Crippen LogP contribution in [0.2, 0.25) is 0 Å². The summed E-state index contributed by atoms with van der Waals surface area (Å²) in [4.78, 5) is 24.3. The van der Waals surface area contributed by atoms with Crippen molar-refractivity contribution in [3.05, 3.63) is 12.2 Å². The molecule has 0 aromatic heterocycles. The zero-order chi connectivity index (χ0) is 24.6. The van der Waals surface area contributed by atoms with Crippen LogP contribution < -0.4 is 0 Å². The van der Waals surface area contributed by atoms with Crippen LogP contribution in [0.1, 0.15) is 143 Å². The fourth-order valence-corrected chi connectivity index (χ4v) is 3.97. The minimum atomic E-state index is -0.135. The van der Waals surface area contributed by atoms with Crippen LogP contribution in [0.15, 0.2) is 12.2 Å². The third-order valence-electron chi connectivity index (χ3n) is 6.14. The summed E-state index contributed by atoms with van der Waals surface area (Å²) in [6, 6.07) is 0. The summed E-state index contributed by atoms with van der Waals surface area (Å²) in [7, 11) is 0. The van der Waals surface area contributed by atoms with Crippen LogP contribution in [-0.4, -0.2) is 25.2 Å². The Morgan fingerprint density at radius 3 is 1.33 bits per heavy atom. The highest BCUT2D eigenvalue weighted by Gasteiger charge is 2.16. The molecule has 194 valence electrons. The van der Waals surface area contributed by atoms with Crippen molar-refractivity contribution in [3.8, 4) is 0 Å². The van der Waals surface area contributed by atoms with Gasteiger partial charge in [-0.25, -0.2) is 0 Å². The third-order valence-corrected chi connectivity index (χ3v) is 6.14. The molecule has 0 unspecified atom stereocenters. The molecule has 0 atom stereocenters. The van der Waals surface area contributed by atoms with Gasteiger partial charge in [0, 0.05) is 18.8 Å². The summed E-state index contributed by atoms with van der Waals surface area (Å²) in [5.74, 6) is -0.269. The summed E-state index contributed by atoms with van der Waals surface area (Å²) in [5.41, 5.74) is 1.17. The molecule has 0 rings (SSSR count). The van der Waals surface area contributed by atoms with Crippen LogP contribution in [0.4, 0.5) is 0 Å². The van der Waals surface area contributed by atoms with Crippen molar-refractivity contribution in [2.75, 3.05) is 13.2 Å². The molecule has 33 heavy (non-hydrogen) atoms. The Labute approximate surface area is 205 Å². The topological polar surface area (TPSA) is 52.6 Å². The number of carbonyl (C=O) groups excluding carboxylic acids is 2. The lowest BCUT2D eigenvalue weighted by molar-refractivity contribution is -0.149. The van der Waals surface area contributed by atoms with E-state index in [1.54, 1.807) is 0 Å². The van der Waals surface area contributed by atoms with Crippen molar-refractivity contribution in [2.45, 2.75) is 143 Å². The largest absolute Gasteiger partial charge is 0.465 e. The van der Waals surface area contributed by atoms with Crippen LogP contribution in [0.3, 0.4) is 0 Å². The number of rotatable bonds is 24. The average Bonchev–Trinajstić information content (AvgIpc) is 2.80. The highest BCUT2D eigenvalue weighted by atomic mass is 16.5. The number of esters is 2. The summed E-state index contributed by atoms with van der Waals surface area (Å²) >= 11 is 0. The van der Waals surface area contributed by atoms with Gasteiger partial charge < -0.3 is 9.47 Å². The zero-order valence-corrected chi connectivity index (χ0v) is 22.3. The first-order chi connectivity index (χ1) is 16.0. The SMILES string of the molecule is C=C(CCCCCCC)CC(COC(=O)CCCCCCC)COC(=O)CCCCCCC. The molecule has 0 saturated carbocycles. The summed E-state index contributed by atoms with van der Waals surface area (Å²) in [6.07, 6.45) is 20.1. The van der Waals surface area contributed by atoms with Crippen LogP contribution in [0.25, 0.3) is 0 Å². The van der Waals surface area contributed by atoms with Crippen molar-refractivity contribution >= 4 is 11.9 Å². The number of unbranched alkanes of at least 4 members (excludes halogenated alkanes) is 12. The molecule has 0 aliphatic carbocycles. The van der Waals surface area contributed by atoms with Gasteiger partial charge in [0.1, 0.15) is 0 Å². The second-order valence-corrected chi connectivity index (χ2v) is 9.68. The lowest BCUT2D eigenvalue weighted by Crippen LogP contribution is -2.21. The predicted octanol–water partition coefficient (Wildman–Crippen LogP) is 8.72. The van der Waals surface area contributed by atoms with Crippen molar-refractivity contribution < 1.29 is 19.1 Å². The maximum Gasteiger partial charge on any atom is 0.305 e. The Bertz CT molecular complexity index is 456. The molecule has 0 amide bonds. The molecule has 0 radical (unpaired) electrons. The van der Waals surface area contributed by atoms with Gasteiger partial charge >= 0.3 is 11.9 Å². The fraction of sp³-hybridized carbons (Fsp3) is 0.862. The smallest absolute Gasteiger partial charge is 0.305 e. The molecule has 0 heterocycles. The highest BCUT2D eigenvalue weighted by molar-refractivity contribution is 5.69. The average molecular weight is 467 g/mol. The normalized spacial score (nSPS) is 11.0. The van der Waals surface area contributed by atoms with Crippen molar-refractivity contribution in [1.82, 2.24) is 0 Å². The van der Waals surface area contributed by atoms with E-state index in [1.807, 2.05) is 0 Å². The Balaban J connectivity index is 4.37. The van der Waals surface area contributed by atoms with E-state index >= 15 is 0 Å². The molecule has 0 aromatic rings. The second-order valence-electron chi connectivity index (χ2n) is 9.68. The summed E-state index contributed by atoms with van der Waals surface area (Å²) in [5, 5.41) is 0. The van der Waals surface area contributed by atoms with E-state index in [-0.39, 0.29) is 17.9 Å². The molecule has 4 heteroatoms. The van der Waals surface area contributed by atoms with Gasteiger partial charge in [-0.2, -0.15) is 0 Å². The van der Waals surface area contributed by atoms with Gasteiger partial charge in [-0.3, -0.25) is 9.59 Å². The summed E-state index contributed by atoms with van der Waals surface area (Å²) < 4.78 is 11.1. The molecule has 0 saturated heterocycles. The molecular weight excluding hydrogens is 412 g/mol. The minimum Gasteiger partial charge on any atom is -0.465 e. The molecule has 0 bridgehead atoms. The number of ether oxygens (including phenoxy) is 2. The first-order valence-corrected chi connectivity index (χ1v) is 14.0. The van der Waals surface area contributed by atoms with Gasteiger partial charge in [0.2, 0.25) is 0 Å². The minimum absolute atomic E-state index is 0.00113. The second kappa shape index (κ2) is 23.8. The first-order valence-electron chi connectivity index (χ1n) is 14.0. The third kappa shape index (κ3) is 22.2. The van der Waals surface area contributed by atoms with Gasteiger partial charge in [-0.1, -0.05) is 110 Å². The summed E-state index contributed by atoms with van der Waals surface area (Å²) in [6.45, 7) is 11.5. The lowest BCUT2D eigenvalue weighted by atomic mass is 9.97. The Kier molecular flexibility index (Phi) is 22.9. The van der Waals surface area contributed by atoms with Crippen LogP contribution in [0.5, 0.6) is 0 Å². The van der Waals surface area contributed by atoms with Crippen molar-refractivity contribution in [1.29, 1.82) is 0 Å². The van der Waals surface area contributed by atoms with Gasteiger partial charge in [-0.15, -0.1) is 0 Å². The van der Waals surface area contributed by atoms with Crippen molar-refractivity contribution in [2.24, 2.45) is 5.92 Å². The van der Waals surface area contributed by atoms with E-state index in [0.717, 1.165) is 44.9 Å². The van der Waals surface area contributed by atoms with Gasteiger partial charge in [0.15, 0.2) is 0 Å². The number of hydrogen-bond acceptors (Lipinski definition) is 4. The standard InChI is InChI=1S/C29H54O4/c1-5-8-11-14-17-20-26(4)23-27(24-32-28(30)21-18-15-12-9-6-2)25-33-29(31)22-19-16-13-10-7-3/h27H,4-25H2,1-3H3. The molecule has 0 aliphatic rings. The molecule has 0 aliphatic heterocycles. The van der Waals surface area contributed by atoms with E-state index in [9.17, 15) is 9.59 Å². The number of hydrogen-bond donors (Lipinski definition) is 0. The first kappa shape index (κ1) is 31.7. The zero-order valence-electron chi connectivity index (χ0n) is 22.3. The Hall–Kier alpha value is -1.32. The number of carbonyl (C=O) groups is 2. The highest BCUT2D eigenvalue weighted by Crippen LogP contribution is 2.19. The molecule has 0 aromatic carbocycles. The molecule has 0 N–H and O–H groups in total. The van der Waals surface area contributed by atoms with E-state index < -0.39 is 0 Å². The lowest BCUT2D eigenvalue weighted by Gasteiger charge is -2.19. The quantitative estimate of drug-likeness (QED) is 0.0810. The molecule has 0 fully saturated rings. The Morgan fingerprint density at radius 2 is 0.939 bits per heavy atom. The van der Waals surface area contributed by atoms with E-state index in [1.165, 1.54) is 69.8 Å². The molecule has 4 nitrogen and oxygen atoms in total. The van der Waals surface area contributed by atoms with Crippen molar-refractivity contribution in [3.63, 3.8) is 0 Å². The molecule has 0 spiro atoms. The van der Waals surface area contributed by atoms with Crippen LogP contribution in [-0.2, 0) is 19.1 Å². The number of allylic oxidation sites excluding steroid dienone is 1. The van der Waals surface area contributed by atoms with Crippen LogP contribution >= 0.6 is 0 Å². The maximum absolute atomic E-state index is 12.2. The predicted molar refractivity (Wildman–Crippen MR) is 139 cm³/mol. The fourth-order valence-electron chi connectivity index (χ4n) is 3.97. The molecular formula is C29H54O4. The van der Waals surface area contributed by atoms with Gasteiger partial charge in [-0.05, 0) is 32.1 Å².